The van der Waals surface area contributed by atoms with Crippen LogP contribution in [0.2, 0.25) is 0 Å². The number of carbonyl (C=O) groups is 2. The van der Waals surface area contributed by atoms with E-state index in [0.717, 1.165) is 19.4 Å². The lowest BCUT2D eigenvalue weighted by Gasteiger charge is -2.09. The van der Waals surface area contributed by atoms with Crippen LogP contribution in [0.25, 0.3) is 0 Å². The van der Waals surface area contributed by atoms with Crippen LogP contribution in [0.4, 0.5) is 0 Å². The normalized spacial score (nSPS) is 15.9. The first kappa shape index (κ1) is 17.6. The van der Waals surface area contributed by atoms with Crippen molar-refractivity contribution in [2.75, 3.05) is 13.2 Å². The molecular weight excluding hydrogens is 312 g/mol. The highest BCUT2D eigenvalue weighted by Crippen LogP contribution is 2.12. The highest BCUT2D eigenvalue weighted by Gasteiger charge is 2.17. The molecule has 0 radical (unpaired) electrons. The van der Waals surface area contributed by atoms with Crippen LogP contribution in [0.3, 0.4) is 0 Å². The number of nitrogens with zero attached hydrogens (tertiary/aromatic N) is 2. The number of hydrogen-bond acceptors (Lipinski definition) is 6. The zero-order chi connectivity index (χ0) is 17.2. The monoisotopic (exact) mass is 330 g/mol. The van der Waals surface area contributed by atoms with Crippen LogP contribution in [0.1, 0.15) is 33.6 Å². The fourth-order valence-electron chi connectivity index (χ4n) is 2.00. The number of ether oxygens (including phenoxy) is 2. The molecule has 1 fully saturated rings. The van der Waals surface area contributed by atoms with Crippen LogP contribution in [0.15, 0.2) is 49.1 Å². The first-order valence-corrected chi connectivity index (χ1v) is 7.49. The van der Waals surface area contributed by atoms with Gasteiger partial charge < -0.3 is 14.6 Å². The lowest BCUT2D eigenvalue weighted by Crippen LogP contribution is -2.17. The van der Waals surface area contributed by atoms with Gasteiger partial charge >= 0.3 is 11.9 Å². The smallest absolute Gasteiger partial charge is 0.339 e. The van der Waals surface area contributed by atoms with E-state index >= 15 is 0 Å². The zero-order valence-electron chi connectivity index (χ0n) is 13.0. The molecule has 0 saturated carbocycles. The van der Waals surface area contributed by atoms with Crippen LogP contribution < -0.4 is 0 Å². The van der Waals surface area contributed by atoms with Crippen molar-refractivity contribution in [2.24, 2.45) is 0 Å². The molecule has 0 amide bonds. The molecule has 0 aliphatic carbocycles. The summed E-state index contributed by atoms with van der Waals surface area (Å²) >= 11 is 0. The minimum atomic E-state index is -0.942. The number of carboxylic acids is 1. The van der Waals surface area contributed by atoms with Crippen LogP contribution in [0, 0.1) is 0 Å². The largest absolute Gasteiger partial charge is 0.478 e. The SMILES string of the molecule is O=C(O)c1cccnc1.O=C(OCC1CCCO1)c1cccnc1. The number of pyridine rings is 2. The molecular formula is C17H18N2O5. The number of aromatic nitrogens is 2. The Labute approximate surface area is 139 Å². The Balaban J connectivity index is 0.000000198. The second-order valence-electron chi connectivity index (χ2n) is 5.02. The van der Waals surface area contributed by atoms with Crippen molar-refractivity contribution in [1.29, 1.82) is 0 Å². The maximum absolute atomic E-state index is 11.5. The fourth-order valence-corrected chi connectivity index (χ4v) is 2.00. The van der Waals surface area contributed by atoms with Gasteiger partial charge in [0.15, 0.2) is 0 Å². The molecule has 0 aromatic carbocycles. The van der Waals surface area contributed by atoms with Crippen molar-refractivity contribution >= 4 is 11.9 Å². The van der Waals surface area contributed by atoms with Crippen molar-refractivity contribution in [3.8, 4) is 0 Å². The van der Waals surface area contributed by atoms with E-state index in [9.17, 15) is 9.59 Å². The molecule has 0 bridgehead atoms. The Morgan fingerprint density at radius 3 is 2.29 bits per heavy atom. The van der Waals surface area contributed by atoms with Gasteiger partial charge in [-0.3, -0.25) is 9.97 Å². The number of aromatic carboxylic acids is 1. The molecule has 7 nitrogen and oxygen atoms in total. The maximum Gasteiger partial charge on any atom is 0.339 e. The van der Waals surface area contributed by atoms with Crippen molar-refractivity contribution in [2.45, 2.75) is 18.9 Å². The summed E-state index contributed by atoms with van der Waals surface area (Å²) in [6.45, 7) is 1.11. The van der Waals surface area contributed by atoms with Gasteiger partial charge in [-0.1, -0.05) is 0 Å². The fraction of sp³-hybridized carbons (Fsp3) is 0.294. The average Bonchev–Trinajstić information content (AvgIpc) is 3.15. The number of esters is 1. The summed E-state index contributed by atoms with van der Waals surface area (Å²) in [6, 6.07) is 6.48. The quantitative estimate of drug-likeness (QED) is 0.858. The Bertz CT molecular complexity index is 643. The molecule has 2 aromatic heterocycles. The summed E-state index contributed by atoms with van der Waals surface area (Å²) < 4.78 is 10.5. The molecule has 1 saturated heterocycles. The van der Waals surface area contributed by atoms with E-state index in [4.69, 9.17) is 14.6 Å². The summed E-state index contributed by atoms with van der Waals surface area (Å²) in [7, 11) is 0. The van der Waals surface area contributed by atoms with E-state index in [0.29, 0.717) is 12.2 Å². The second kappa shape index (κ2) is 9.36. The summed E-state index contributed by atoms with van der Waals surface area (Å²) in [4.78, 5) is 29.1. The van der Waals surface area contributed by atoms with Crippen molar-refractivity contribution < 1.29 is 24.2 Å². The Kier molecular flexibility index (Phi) is 6.85. The second-order valence-corrected chi connectivity index (χ2v) is 5.02. The Morgan fingerprint density at radius 2 is 1.83 bits per heavy atom. The minimum absolute atomic E-state index is 0.0746. The molecule has 1 aliphatic heterocycles. The third-order valence-corrected chi connectivity index (χ3v) is 3.23. The van der Waals surface area contributed by atoms with Gasteiger partial charge in [0.2, 0.25) is 0 Å². The van der Waals surface area contributed by atoms with Crippen molar-refractivity contribution in [3.63, 3.8) is 0 Å². The predicted molar refractivity (Wildman–Crippen MR) is 84.7 cm³/mol. The van der Waals surface area contributed by atoms with Gasteiger partial charge in [-0.05, 0) is 37.1 Å². The maximum atomic E-state index is 11.5. The number of carbonyl (C=O) groups excluding carboxylic acids is 1. The van der Waals surface area contributed by atoms with E-state index in [1.807, 2.05) is 0 Å². The average molecular weight is 330 g/mol. The standard InChI is InChI=1S/C11H13NO3.C6H5NO2/c13-11(9-3-1-5-12-7-9)15-8-10-4-2-6-14-10;8-6(9)5-2-1-3-7-4-5/h1,3,5,7,10H,2,4,6,8H2;1-4H,(H,8,9). The van der Waals surface area contributed by atoms with Gasteiger partial charge in [-0.2, -0.15) is 0 Å². The molecule has 1 atom stereocenters. The topological polar surface area (TPSA) is 98.6 Å². The summed E-state index contributed by atoms with van der Waals surface area (Å²) in [6.07, 6.45) is 8.06. The van der Waals surface area contributed by atoms with Gasteiger partial charge in [-0.15, -0.1) is 0 Å². The lowest BCUT2D eigenvalue weighted by molar-refractivity contribution is 0.0161. The number of rotatable bonds is 4. The molecule has 7 heteroatoms. The van der Waals surface area contributed by atoms with Gasteiger partial charge in [0.25, 0.3) is 0 Å². The molecule has 0 spiro atoms. The molecule has 1 aliphatic rings. The lowest BCUT2D eigenvalue weighted by atomic mass is 10.2. The summed E-state index contributed by atoms with van der Waals surface area (Å²) in [5.41, 5.74) is 0.702. The van der Waals surface area contributed by atoms with E-state index in [1.165, 1.54) is 24.7 Å². The Morgan fingerprint density at radius 1 is 1.17 bits per heavy atom. The molecule has 3 rings (SSSR count). The van der Waals surface area contributed by atoms with E-state index in [1.54, 1.807) is 24.4 Å². The van der Waals surface area contributed by atoms with Gasteiger partial charge in [0.1, 0.15) is 6.61 Å². The van der Waals surface area contributed by atoms with Crippen molar-refractivity contribution in [1.82, 2.24) is 9.97 Å². The van der Waals surface area contributed by atoms with Gasteiger partial charge in [0.05, 0.1) is 17.2 Å². The summed E-state index contributed by atoms with van der Waals surface area (Å²) in [5.74, 6) is -1.28. The molecule has 24 heavy (non-hydrogen) atoms. The van der Waals surface area contributed by atoms with Crippen LogP contribution in [-0.2, 0) is 9.47 Å². The Hall–Kier alpha value is -2.80. The first-order chi connectivity index (χ1) is 11.7. The highest BCUT2D eigenvalue weighted by molar-refractivity contribution is 5.88. The van der Waals surface area contributed by atoms with E-state index < -0.39 is 5.97 Å². The molecule has 1 unspecified atom stereocenters. The molecule has 126 valence electrons. The van der Waals surface area contributed by atoms with Gasteiger partial charge in [0, 0.05) is 31.4 Å². The molecule has 1 N–H and O–H groups in total. The van der Waals surface area contributed by atoms with E-state index in [2.05, 4.69) is 9.97 Å². The zero-order valence-corrected chi connectivity index (χ0v) is 13.0. The molecule has 3 heterocycles. The van der Waals surface area contributed by atoms with Gasteiger partial charge in [-0.25, -0.2) is 9.59 Å². The van der Waals surface area contributed by atoms with Crippen molar-refractivity contribution in [3.05, 3.63) is 60.2 Å². The number of hydrogen-bond donors (Lipinski definition) is 1. The number of carboxylic acid groups (broad SMARTS) is 1. The first-order valence-electron chi connectivity index (χ1n) is 7.49. The van der Waals surface area contributed by atoms with E-state index in [-0.39, 0.29) is 17.6 Å². The predicted octanol–water partition coefficient (Wildman–Crippen LogP) is 2.20. The minimum Gasteiger partial charge on any atom is -0.478 e. The third kappa shape index (κ3) is 5.77. The van der Waals surface area contributed by atoms with Crippen LogP contribution in [0.5, 0.6) is 0 Å². The van der Waals surface area contributed by atoms with Crippen LogP contribution >= 0.6 is 0 Å². The molecule has 2 aromatic rings. The van der Waals surface area contributed by atoms with Crippen LogP contribution in [-0.4, -0.2) is 46.3 Å². The third-order valence-electron chi connectivity index (χ3n) is 3.23. The highest BCUT2D eigenvalue weighted by atomic mass is 16.6. The summed E-state index contributed by atoms with van der Waals surface area (Å²) in [5, 5.41) is 8.34.